The molecule has 2 aliphatic rings. The number of nitrogens with zero attached hydrogens (tertiary/aromatic N) is 2. The first kappa shape index (κ1) is 17.0. The smallest absolute Gasteiger partial charge is 0.275 e. The Morgan fingerprint density at radius 3 is 2.44 bits per heavy atom. The van der Waals surface area contributed by atoms with E-state index >= 15 is 0 Å². The first-order chi connectivity index (χ1) is 13.0. The molecule has 2 aromatic carbocycles. The van der Waals surface area contributed by atoms with Crippen LogP contribution >= 0.6 is 0 Å². The van der Waals surface area contributed by atoms with Crippen LogP contribution in [0.1, 0.15) is 29.5 Å². The molecule has 1 N–H and O–H groups in total. The Kier molecular flexibility index (Phi) is 4.02. The highest BCUT2D eigenvalue weighted by molar-refractivity contribution is 5.73. The maximum atomic E-state index is 11.6. The number of nitro groups is 2. The Labute approximate surface area is 154 Å². The summed E-state index contributed by atoms with van der Waals surface area (Å²) < 4.78 is 5.43. The van der Waals surface area contributed by atoms with Gasteiger partial charge in [-0.1, -0.05) is 24.3 Å². The minimum atomic E-state index is -0.431. The maximum absolute atomic E-state index is 11.6. The number of non-ortho nitro benzene ring substituents is 1. The monoisotopic (exact) mass is 367 g/mol. The summed E-state index contributed by atoms with van der Waals surface area (Å²) in [6.45, 7) is 0. The van der Waals surface area contributed by atoms with Crippen LogP contribution in [-0.2, 0) is 0 Å². The van der Waals surface area contributed by atoms with Gasteiger partial charge in [0, 0.05) is 24.1 Å². The molecular formula is C19H17N3O5. The molecule has 8 heteroatoms. The Balaban J connectivity index is 1.83. The molecule has 0 bridgehead atoms. The zero-order chi connectivity index (χ0) is 19.1. The van der Waals surface area contributed by atoms with Crippen molar-refractivity contribution in [2.24, 2.45) is 5.92 Å². The molecule has 0 saturated carbocycles. The molecule has 138 valence electrons. The Hall–Kier alpha value is -3.42. The number of benzene rings is 2. The minimum Gasteiger partial charge on any atom is -0.495 e. The molecular weight excluding hydrogens is 350 g/mol. The molecule has 1 heterocycles. The second-order valence-electron chi connectivity index (χ2n) is 6.66. The van der Waals surface area contributed by atoms with Gasteiger partial charge in [-0.2, -0.15) is 0 Å². The van der Waals surface area contributed by atoms with Crippen molar-refractivity contribution in [3.63, 3.8) is 0 Å². The molecule has 0 spiro atoms. The van der Waals surface area contributed by atoms with E-state index in [4.69, 9.17) is 4.74 Å². The zero-order valence-electron chi connectivity index (χ0n) is 14.5. The molecule has 0 unspecified atom stereocenters. The SMILES string of the molecule is COc1ccc([N+](=O)[O-])c2c1N[C@H](c1ccc([N+](=O)[O-])cc1)[C@@H]1CC=C[C@@H]21. The summed E-state index contributed by atoms with van der Waals surface area (Å²) in [6, 6.07) is 9.38. The summed E-state index contributed by atoms with van der Waals surface area (Å²) in [6.07, 6.45) is 4.82. The number of fused-ring (bicyclic) bond motifs is 3. The molecule has 4 rings (SSSR count). The number of methoxy groups -OCH3 is 1. The maximum Gasteiger partial charge on any atom is 0.275 e. The third-order valence-electron chi connectivity index (χ3n) is 5.34. The van der Waals surface area contributed by atoms with Gasteiger partial charge in [0.2, 0.25) is 0 Å². The molecule has 8 nitrogen and oxygen atoms in total. The summed E-state index contributed by atoms with van der Waals surface area (Å²) >= 11 is 0. The Morgan fingerprint density at radius 1 is 1.07 bits per heavy atom. The fourth-order valence-electron chi connectivity index (χ4n) is 4.13. The number of allylic oxidation sites excluding steroid dienone is 2. The van der Waals surface area contributed by atoms with Gasteiger partial charge in [-0.3, -0.25) is 20.2 Å². The molecule has 0 radical (unpaired) electrons. The van der Waals surface area contributed by atoms with Crippen molar-refractivity contribution in [3.8, 4) is 5.75 Å². The molecule has 1 aliphatic heterocycles. The van der Waals surface area contributed by atoms with Gasteiger partial charge < -0.3 is 10.1 Å². The van der Waals surface area contributed by atoms with Gasteiger partial charge in [0.1, 0.15) is 5.75 Å². The predicted octanol–water partition coefficient (Wildman–Crippen LogP) is 4.34. The third-order valence-corrected chi connectivity index (χ3v) is 5.34. The lowest BCUT2D eigenvalue weighted by Gasteiger charge is -2.37. The van der Waals surface area contributed by atoms with Gasteiger partial charge in [-0.15, -0.1) is 0 Å². The average Bonchev–Trinajstić information content (AvgIpc) is 3.16. The average molecular weight is 367 g/mol. The van der Waals surface area contributed by atoms with E-state index in [1.165, 1.54) is 25.3 Å². The number of hydrogen-bond donors (Lipinski definition) is 1. The van der Waals surface area contributed by atoms with E-state index in [0.29, 0.717) is 17.0 Å². The summed E-state index contributed by atoms with van der Waals surface area (Å²) in [5.74, 6) is 0.517. The largest absolute Gasteiger partial charge is 0.495 e. The minimum absolute atomic E-state index is 0.0317. The van der Waals surface area contributed by atoms with Gasteiger partial charge in [-0.05, 0) is 24.0 Å². The van der Waals surface area contributed by atoms with Crippen molar-refractivity contribution < 1.29 is 14.6 Å². The van der Waals surface area contributed by atoms with Crippen molar-refractivity contribution in [3.05, 3.63) is 79.9 Å². The van der Waals surface area contributed by atoms with Gasteiger partial charge in [-0.25, -0.2) is 0 Å². The van der Waals surface area contributed by atoms with E-state index in [0.717, 1.165) is 12.0 Å². The molecule has 3 atom stereocenters. The number of hydrogen-bond acceptors (Lipinski definition) is 6. The molecule has 0 amide bonds. The molecule has 0 aromatic heterocycles. The summed E-state index contributed by atoms with van der Waals surface area (Å²) in [5.41, 5.74) is 2.25. The van der Waals surface area contributed by atoms with E-state index in [2.05, 4.69) is 5.32 Å². The Morgan fingerprint density at radius 2 is 1.81 bits per heavy atom. The fraction of sp³-hybridized carbons (Fsp3) is 0.263. The summed E-state index contributed by atoms with van der Waals surface area (Å²) in [5, 5.41) is 25.9. The third kappa shape index (κ3) is 2.69. The lowest BCUT2D eigenvalue weighted by Crippen LogP contribution is -2.30. The predicted molar refractivity (Wildman–Crippen MR) is 99.1 cm³/mol. The van der Waals surface area contributed by atoms with E-state index < -0.39 is 4.92 Å². The van der Waals surface area contributed by atoms with Crippen LogP contribution in [0.25, 0.3) is 0 Å². The van der Waals surface area contributed by atoms with Crippen LogP contribution in [0, 0.1) is 26.1 Å². The molecule has 0 saturated heterocycles. The van der Waals surface area contributed by atoms with Crippen molar-refractivity contribution >= 4 is 17.1 Å². The molecule has 2 aromatic rings. The van der Waals surface area contributed by atoms with Crippen molar-refractivity contribution in [2.75, 3.05) is 12.4 Å². The first-order valence-electron chi connectivity index (χ1n) is 8.54. The number of ether oxygens (including phenoxy) is 1. The lowest BCUT2D eigenvalue weighted by atomic mass is 9.76. The van der Waals surface area contributed by atoms with Gasteiger partial charge in [0.25, 0.3) is 11.4 Å². The molecule has 1 aliphatic carbocycles. The van der Waals surface area contributed by atoms with E-state index in [1.54, 1.807) is 18.2 Å². The van der Waals surface area contributed by atoms with Crippen LogP contribution in [0.15, 0.2) is 48.6 Å². The number of anilines is 1. The molecule has 27 heavy (non-hydrogen) atoms. The van der Waals surface area contributed by atoms with Crippen LogP contribution < -0.4 is 10.1 Å². The van der Waals surface area contributed by atoms with E-state index in [9.17, 15) is 20.2 Å². The highest BCUT2D eigenvalue weighted by atomic mass is 16.6. The van der Waals surface area contributed by atoms with Crippen LogP contribution in [0.3, 0.4) is 0 Å². The van der Waals surface area contributed by atoms with Gasteiger partial charge >= 0.3 is 0 Å². The first-order valence-corrected chi connectivity index (χ1v) is 8.54. The summed E-state index contributed by atoms with van der Waals surface area (Å²) in [7, 11) is 1.53. The number of rotatable bonds is 4. The quantitative estimate of drug-likeness (QED) is 0.489. The number of nitrogens with one attached hydrogen (secondary N) is 1. The zero-order valence-corrected chi connectivity index (χ0v) is 14.5. The fourth-order valence-corrected chi connectivity index (χ4v) is 4.13. The van der Waals surface area contributed by atoms with Crippen LogP contribution in [-0.4, -0.2) is 17.0 Å². The van der Waals surface area contributed by atoms with Crippen molar-refractivity contribution in [2.45, 2.75) is 18.4 Å². The molecule has 0 fully saturated rings. The summed E-state index contributed by atoms with van der Waals surface area (Å²) in [4.78, 5) is 21.7. The number of nitro benzene ring substituents is 2. The highest BCUT2D eigenvalue weighted by Gasteiger charge is 2.42. The lowest BCUT2D eigenvalue weighted by molar-refractivity contribution is -0.385. The Bertz CT molecular complexity index is 955. The van der Waals surface area contributed by atoms with E-state index in [1.807, 2.05) is 12.2 Å². The van der Waals surface area contributed by atoms with Crippen molar-refractivity contribution in [1.29, 1.82) is 0 Å². The second-order valence-corrected chi connectivity index (χ2v) is 6.66. The van der Waals surface area contributed by atoms with Crippen LogP contribution in [0.4, 0.5) is 17.1 Å². The normalized spacial score (nSPS) is 22.5. The second kappa shape index (κ2) is 6.39. The van der Waals surface area contributed by atoms with Gasteiger partial charge in [0.05, 0.1) is 34.2 Å². The standard InChI is InChI=1S/C19H17N3O5/c1-27-16-10-9-15(22(25)26)17-13-3-2-4-14(13)18(20-19(16)17)11-5-7-12(8-6-11)21(23)24/h2-3,5-10,13-14,18,20H,4H2,1H3/t13-,14-,18-/m1/s1. The van der Waals surface area contributed by atoms with Gasteiger partial charge in [0.15, 0.2) is 0 Å². The van der Waals surface area contributed by atoms with Crippen molar-refractivity contribution in [1.82, 2.24) is 0 Å². The van der Waals surface area contributed by atoms with Crippen LogP contribution in [0.2, 0.25) is 0 Å². The van der Waals surface area contributed by atoms with E-state index in [-0.39, 0.29) is 34.2 Å². The topological polar surface area (TPSA) is 108 Å². The van der Waals surface area contributed by atoms with Crippen LogP contribution in [0.5, 0.6) is 5.75 Å². The highest BCUT2D eigenvalue weighted by Crippen LogP contribution is 2.54.